The van der Waals surface area contributed by atoms with Crippen LogP contribution in [0.2, 0.25) is 0 Å². The largest absolute Gasteiger partial charge is 0.363 e. The predicted octanol–water partition coefficient (Wildman–Crippen LogP) is 1.23. The first-order chi connectivity index (χ1) is 12.8. The molecule has 2 heterocycles. The average Bonchev–Trinajstić information content (AvgIpc) is 2.67. The number of rotatable bonds is 4. The van der Waals surface area contributed by atoms with Gasteiger partial charge in [0.2, 0.25) is 10.0 Å². The predicted molar refractivity (Wildman–Crippen MR) is 103 cm³/mol. The van der Waals surface area contributed by atoms with E-state index in [4.69, 9.17) is 5.26 Å². The van der Waals surface area contributed by atoms with E-state index in [-0.39, 0.29) is 4.90 Å². The summed E-state index contributed by atoms with van der Waals surface area (Å²) in [6, 6.07) is 9.92. The zero-order valence-electron chi connectivity index (χ0n) is 15.6. The zero-order chi connectivity index (χ0) is 19.6. The molecule has 1 aromatic carbocycles. The summed E-state index contributed by atoms with van der Waals surface area (Å²) in [6.07, 6.45) is 0. The molecule has 142 valence electrons. The van der Waals surface area contributed by atoms with Crippen molar-refractivity contribution < 1.29 is 8.42 Å². The molecule has 0 N–H and O–H groups in total. The molecule has 0 unspecified atom stereocenters. The number of hydrogen-bond acceptors (Lipinski definition) is 7. The summed E-state index contributed by atoms with van der Waals surface area (Å²) in [4.78, 5) is 13.1. The Morgan fingerprint density at radius 2 is 1.70 bits per heavy atom. The van der Waals surface area contributed by atoms with E-state index in [1.807, 2.05) is 38.1 Å². The molecular weight excluding hydrogens is 364 g/mol. The van der Waals surface area contributed by atoms with E-state index in [1.54, 1.807) is 0 Å². The summed E-state index contributed by atoms with van der Waals surface area (Å²) >= 11 is 0. The molecule has 1 fully saturated rings. The van der Waals surface area contributed by atoms with E-state index in [1.165, 1.54) is 28.6 Å². The lowest BCUT2D eigenvalue weighted by Crippen LogP contribution is -2.49. The smallest absolute Gasteiger partial charge is 0.243 e. The fourth-order valence-electron chi connectivity index (χ4n) is 2.94. The van der Waals surface area contributed by atoms with Crippen LogP contribution in [0.5, 0.6) is 0 Å². The van der Waals surface area contributed by atoms with Gasteiger partial charge in [-0.3, -0.25) is 0 Å². The summed E-state index contributed by atoms with van der Waals surface area (Å²) in [5, 5.41) is 8.86. The second-order valence-electron chi connectivity index (χ2n) is 6.55. The number of hydrogen-bond donors (Lipinski definition) is 0. The highest BCUT2D eigenvalue weighted by Gasteiger charge is 2.29. The lowest BCUT2D eigenvalue weighted by atomic mass is 10.2. The van der Waals surface area contributed by atoms with E-state index in [0.29, 0.717) is 37.6 Å². The highest BCUT2D eigenvalue weighted by Crippen LogP contribution is 2.22. The van der Waals surface area contributed by atoms with Crippen molar-refractivity contribution in [2.45, 2.75) is 11.8 Å². The monoisotopic (exact) mass is 386 g/mol. The van der Waals surface area contributed by atoms with Crippen molar-refractivity contribution in [1.29, 1.82) is 5.26 Å². The second-order valence-corrected chi connectivity index (χ2v) is 8.49. The first-order valence-corrected chi connectivity index (χ1v) is 10.0. The summed E-state index contributed by atoms with van der Waals surface area (Å²) in [5.74, 6) is 2.32. The Labute approximate surface area is 159 Å². The van der Waals surface area contributed by atoms with Crippen molar-refractivity contribution in [1.82, 2.24) is 14.3 Å². The van der Waals surface area contributed by atoms with Gasteiger partial charge in [0, 0.05) is 46.3 Å². The Morgan fingerprint density at radius 1 is 1.07 bits per heavy atom. The van der Waals surface area contributed by atoms with E-state index < -0.39 is 10.0 Å². The van der Waals surface area contributed by atoms with Crippen LogP contribution in [0.25, 0.3) is 0 Å². The number of nitrogens with zero attached hydrogens (tertiary/aromatic N) is 6. The Bertz CT molecular complexity index is 958. The van der Waals surface area contributed by atoms with Gasteiger partial charge in [-0.25, -0.2) is 18.4 Å². The number of benzene rings is 1. The van der Waals surface area contributed by atoms with Crippen molar-refractivity contribution >= 4 is 21.7 Å². The molecule has 0 aliphatic carbocycles. The summed E-state index contributed by atoms with van der Waals surface area (Å²) in [7, 11) is 0.282. The third-order valence-corrected chi connectivity index (χ3v) is 6.37. The van der Waals surface area contributed by atoms with Crippen molar-refractivity contribution in [3.63, 3.8) is 0 Å². The van der Waals surface area contributed by atoms with E-state index in [9.17, 15) is 8.42 Å². The summed E-state index contributed by atoms with van der Waals surface area (Å²) < 4.78 is 27.1. The number of sulfonamides is 1. The van der Waals surface area contributed by atoms with Crippen LogP contribution in [0.4, 0.5) is 11.6 Å². The van der Waals surface area contributed by atoms with Gasteiger partial charge in [0.15, 0.2) is 0 Å². The number of aromatic nitrogens is 2. The summed E-state index contributed by atoms with van der Waals surface area (Å²) in [6.45, 7) is 3.71. The van der Waals surface area contributed by atoms with Crippen LogP contribution in [-0.4, -0.2) is 63.0 Å². The molecule has 0 amide bonds. The molecule has 1 aliphatic rings. The molecule has 2 aromatic rings. The molecule has 3 rings (SSSR count). The van der Waals surface area contributed by atoms with Crippen molar-refractivity contribution in [2.75, 3.05) is 50.1 Å². The number of anilines is 2. The second kappa shape index (κ2) is 7.50. The lowest BCUT2D eigenvalue weighted by molar-refractivity contribution is 0.383. The lowest BCUT2D eigenvalue weighted by Gasteiger charge is -2.35. The fraction of sp³-hybridized carbons (Fsp3) is 0.389. The van der Waals surface area contributed by atoms with Crippen molar-refractivity contribution in [3.05, 3.63) is 41.7 Å². The van der Waals surface area contributed by atoms with Crippen LogP contribution in [0.15, 0.2) is 35.2 Å². The number of nitriles is 1. The highest BCUT2D eigenvalue weighted by molar-refractivity contribution is 7.89. The minimum Gasteiger partial charge on any atom is -0.363 e. The molecule has 0 radical (unpaired) electrons. The molecule has 0 bridgehead atoms. The Morgan fingerprint density at radius 3 is 2.26 bits per heavy atom. The first-order valence-electron chi connectivity index (χ1n) is 8.59. The van der Waals surface area contributed by atoms with Gasteiger partial charge in [-0.05, 0) is 31.2 Å². The molecule has 9 heteroatoms. The topological polar surface area (TPSA) is 93.4 Å². The number of aryl methyl sites for hydroxylation is 1. The Kier molecular flexibility index (Phi) is 5.30. The number of piperazine rings is 1. The standard InChI is InChI=1S/C18H22N6O2S/c1-14-20-17(22(2)3)12-18(21-14)23-8-10-24(11-9-23)27(25,26)16-6-4-15(13-19)5-7-16/h4-7,12H,8-11H2,1-3H3. The minimum absolute atomic E-state index is 0.211. The molecule has 0 saturated carbocycles. The van der Waals surface area contributed by atoms with Gasteiger partial charge >= 0.3 is 0 Å². The van der Waals surface area contributed by atoms with Gasteiger partial charge in [-0.15, -0.1) is 0 Å². The van der Waals surface area contributed by atoms with Gasteiger partial charge in [0.25, 0.3) is 0 Å². The SMILES string of the molecule is Cc1nc(N(C)C)cc(N2CCN(S(=O)(=O)c3ccc(C#N)cc3)CC2)n1. The third-order valence-electron chi connectivity index (χ3n) is 4.45. The molecule has 1 saturated heterocycles. The molecule has 27 heavy (non-hydrogen) atoms. The van der Waals surface area contributed by atoms with Crippen LogP contribution in [0.1, 0.15) is 11.4 Å². The van der Waals surface area contributed by atoms with Gasteiger partial charge in [0.05, 0.1) is 16.5 Å². The highest BCUT2D eigenvalue weighted by atomic mass is 32.2. The van der Waals surface area contributed by atoms with Crippen molar-refractivity contribution in [2.24, 2.45) is 0 Å². The van der Waals surface area contributed by atoms with E-state index in [0.717, 1.165) is 11.6 Å². The maximum absolute atomic E-state index is 12.8. The van der Waals surface area contributed by atoms with Crippen LogP contribution in [0, 0.1) is 18.3 Å². The molecule has 1 aromatic heterocycles. The first kappa shape index (κ1) is 19.1. The van der Waals surface area contributed by atoms with Crippen LogP contribution in [-0.2, 0) is 10.0 Å². The van der Waals surface area contributed by atoms with Crippen molar-refractivity contribution in [3.8, 4) is 6.07 Å². The van der Waals surface area contributed by atoms with E-state index >= 15 is 0 Å². The molecule has 0 atom stereocenters. The molecule has 1 aliphatic heterocycles. The van der Waals surface area contributed by atoms with Gasteiger partial charge in [-0.2, -0.15) is 9.57 Å². The van der Waals surface area contributed by atoms with Gasteiger partial charge in [0.1, 0.15) is 17.5 Å². The normalized spacial score (nSPS) is 15.4. The third kappa shape index (κ3) is 4.02. The maximum atomic E-state index is 12.8. The Balaban J connectivity index is 1.74. The van der Waals surface area contributed by atoms with E-state index in [2.05, 4.69) is 14.9 Å². The molecular formula is C18H22N6O2S. The van der Waals surface area contributed by atoms with Gasteiger partial charge < -0.3 is 9.80 Å². The van der Waals surface area contributed by atoms with Gasteiger partial charge in [-0.1, -0.05) is 0 Å². The quantitative estimate of drug-likeness (QED) is 0.780. The summed E-state index contributed by atoms with van der Waals surface area (Å²) in [5.41, 5.74) is 0.439. The van der Waals surface area contributed by atoms with Crippen LogP contribution >= 0.6 is 0 Å². The minimum atomic E-state index is -3.57. The van der Waals surface area contributed by atoms with Crippen LogP contribution in [0.3, 0.4) is 0 Å². The molecule has 0 spiro atoms. The van der Waals surface area contributed by atoms with Crippen LogP contribution < -0.4 is 9.80 Å². The zero-order valence-corrected chi connectivity index (χ0v) is 16.4. The Hall–Kier alpha value is -2.70. The maximum Gasteiger partial charge on any atom is 0.243 e. The average molecular weight is 386 g/mol. The fourth-order valence-corrected chi connectivity index (χ4v) is 4.36. The molecule has 8 nitrogen and oxygen atoms in total.